The van der Waals surface area contributed by atoms with Crippen molar-refractivity contribution in [2.45, 2.75) is 54.0 Å². The minimum atomic E-state index is 0. The number of likely N-dealkylation sites (N-methyl/N-ethyl adjacent to an activating group) is 1. The van der Waals surface area contributed by atoms with Crippen LogP contribution < -0.4 is 5.32 Å². The largest absolute Gasteiger partial charge is 0.357 e. The number of nitrogens with zero attached hydrogens (tertiary/aromatic N) is 3. The van der Waals surface area contributed by atoms with Gasteiger partial charge in [0.15, 0.2) is 5.96 Å². The number of hydrogen-bond donors (Lipinski definition) is 1. The zero-order valence-electron chi connectivity index (χ0n) is 14.8. The number of likely N-dealkylation sites (tertiary alicyclic amines) is 1. The highest BCUT2D eigenvalue weighted by Crippen LogP contribution is 2.28. The predicted octanol–water partition coefficient (Wildman–Crippen LogP) is 3.03. The summed E-state index contributed by atoms with van der Waals surface area (Å²) in [5, 5.41) is 3.44. The first-order chi connectivity index (χ1) is 9.39. The van der Waals surface area contributed by atoms with Crippen molar-refractivity contribution in [3.05, 3.63) is 0 Å². The molecule has 1 aliphatic heterocycles. The molecule has 1 rings (SSSR count). The molecule has 1 N–H and O–H groups in total. The van der Waals surface area contributed by atoms with Crippen LogP contribution in [0, 0.1) is 5.41 Å². The second-order valence-electron chi connectivity index (χ2n) is 6.79. The van der Waals surface area contributed by atoms with E-state index in [1.54, 1.807) is 0 Å². The van der Waals surface area contributed by atoms with E-state index in [2.05, 4.69) is 56.7 Å². The SMILES string of the molecule is CCNC(=NCCN(CC)C(C)C)N1CCC(C)(C)C1.I. The average molecular weight is 410 g/mol. The maximum Gasteiger partial charge on any atom is 0.193 e. The molecule has 0 aromatic carbocycles. The highest BCUT2D eigenvalue weighted by molar-refractivity contribution is 14.0. The van der Waals surface area contributed by atoms with Gasteiger partial charge in [-0.1, -0.05) is 20.8 Å². The summed E-state index contributed by atoms with van der Waals surface area (Å²) >= 11 is 0. The van der Waals surface area contributed by atoms with Gasteiger partial charge in [0.1, 0.15) is 0 Å². The van der Waals surface area contributed by atoms with Crippen molar-refractivity contribution < 1.29 is 0 Å². The van der Waals surface area contributed by atoms with Crippen LogP contribution in [0.3, 0.4) is 0 Å². The van der Waals surface area contributed by atoms with Crippen LogP contribution in [0.5, 0.6) is 0 Å². The lowest BCUT2D eigenvalue weighted by atomic mass is 9.93. The predicted molar refractivity (Wildman–Crippen MR) is 104 cm³/mol. The summed E-state index contributed by atoms with van der Waals surface area (Å²) in [5.74, 6) is 1.10. The molecule has 21 heavy (non-hydrogen) atoms. The molecular weight excluding hydrogens is 375 g/mol. The first kappa shape index (κ1) is 21.0. The van der Waals surface area contributed by atoms with Crippen molar-refractivity contribution in [3.8, 4) is 0 Å². The highest BCUT2D eigenvalue weighted by Gasteiger charge is 2.30. The van der Waals surface area contributed by atoms with Crippen LogP contribution in [0.1, 0.15) is 48.0 Å². The molecule has 1 fully saturated rings. The quantitative estimate of drug-likeness (QED) is 0.415. The molecule has 0 amide bonds. The molecule has 1 heterocycles. The Morgan fingerprint density at radius 1 is 1.33 bits per heavy atom. The third-order valence-electron chi connectivity index (χ3n) is 4.10. The molecule has 0 atom stereocenters. The Bertz CT molecular complexity index is 315. The van der Waals surface area contributed by atoms with Gasteiger partial charge in [-0.25, -0.2) is 0 Å². The zero-order chi connectivity index (χ0) is 15.2. The molecule has 4 nitrogen and oxygen atoms in total. The molecule has 0 saturated carbocycles. The van der Waals surface area contributed by atoms with E-state index >= 15 is 0 Å². The van der Waals surface area contributed by atoms with Crippen LogP contribution in [-0.4, -0.2) is 61.1 Å². The highest BCUT2D eigenvalue weighted by atomic mass is 127. The minimum absolute atomic E-state index is 0. The van der Waals surface area contributed by atoms with E-state index in [1.165, 1.54) is 6.42 Å². The molecule has 0 aliphatic carbocycles. The standard InChI is InChI=1S/C16H34N4.HI/c1-7-17-15(20-11-9-16(5,6)13-20)18-10-12-19(8-2)14(3)4;/h14H,7-13H2,1-6H3,(H,17,18);1H. The van der Waals surface area contributed by atoms with Crippen LogP contribution >= 0.6 is 24.0 Å². The molecule has 0 unspecified atom stereocenters. The maximum atomic E-state index is 4.82. The number of aliphatic imine (C=N–C) groups is 1. The zero-order valence-corrected chi connectivity index (χ0v) is 17.1. The lowest BCUT2D eigenvalue weighted by Gasteiger charge is -2.26. The number of hydrogen-bond acceptors (Lipinski definition) is 2. The fourth-order valence-electron chi connectivity index (χ4n) is 2.78. The fourth-order valence-corrected chi connectivity index (χ4v) is 2.78. The summed E-state index contributed by atoms with van der Waals surface area (Å²) in [6.07, 6.45) is 1.25. The third-order valence-corrected chi connectivity index (χ3v) is 4.10. The third kappa shape index (κ3) is 7.17. The van der Waals surface area contributed by atoms with E-state index in [4.69, 9.17) is 4.99 Å². The fraction of sp³-hybridized carbons (Fsp3) is 0.938. The van der Waals surface area contributed by atoms with Gasteiger partial charge in [0.25, 0.3) is 0 Å². The van der Waals surface area contributed by atoms with Gasteiger partial charge in [-0.15, -0.1) is 24.0 Å². The van der Waals surface area contributed by atoms with Gasteiger partial charge in [-0.05, 0) is 39.2 Å². The van der Waals surface area contributed by atoms with Crippen molar-refractivity contribution in [1.82, 2.24) is 15.1 Å². The summed E-state index contributed by atoms with van der Waals surface area (Å²) < 4.78 is 0. The first-order valence-corrected chi connectivity index (χ1v) is 8.17. The summed E-state index contributed by atoms with van der Waals surface area (Å²) in [4.78, 5) is 9.69. The molecule has 126 valence electrons. The van der Waals surface area contributed by atoms with Gasteiger partial charge in [0, 0.05) is 32.2 Å². The molecule has 0 aromatic heterocycles. The van der Waals surface area contributed by atoms with E-state index in [1.807, 2.05) is 0 Å². The monoisotopic (exact) mass is 410 g/mol. The number of rotatable bonds is 6. The van der Waals surface area contributed by atoms with E-state index < -0.39 is 0 Å². The number of halogens is 1. The summed E-state index contributed by atoms with van der Waals surface area (Å²) in [7, 11) is 0. The van der Waals surface area contributed by atoms with Crippen molar-refractivity contribution in [3.63, 3.8) is 0 Å². The smallest absolute Gasteiger partial charge is 0.193 e. The van der Waals surface area contributed by atoms with E-state index in [-0.39, 0.29) is 24.0 Å². The van der Waals surface area contributed by atoms with Crippen LogP contribution in [0.15, 0.2) is 4.99 Å². The molecule has 0 spiro atoms. The van der Waals surface area contributed by atoms with Crippen LogP contribution in [0.25, 0.3) is 0 Å². The summed E-state index contributed by atoms with van der Waals surface area (Å²) in [5.41, 5.74) is 0.420. The molecule has 0 aromatic rings. The van der Waals surface area contributed by atoms with Crippen molar-refractivity contribution >= 4 is 29.9 Å². The first-order valence-electron chi connectivity index (χ1n) is 8.17. The molecule has 5 heteroatoms. The average Bonchev–Trinajstić information content (AvgIpc) is 2.73. The maximum absolute atomic E-state index is 4.82. The second kappa shape index (κ2) is 9.87. The van der Waals surface area contributed by atoms with Gasteiger partial charge >= 0.3 is 0 Å². The summed E-state index contributed by atoms with van der Waals surface area (Å²) in [6, 6.07) is 0.600. The summed E-state index contributed by atoms with van der Waals surface area (Å²) in [6.45, 7) is 19.7. The Hall–Kier alpha value is -0.0400. The van der Waals surface area contributed by atoms with Crippen LogP contribution in [0.4, 0.5) is 0 Å². The Labute approximate surface area is 148 Å². The van der Waals surface area contributed by atoms with Gasteiger partial charge < -0.3 is 10.2 Å². The number of guanidine groups is 1. The van der Waals surface area contributed by atoms with Gasteiger partial charge in [0.2, 0.25) is 0 Å². The lowest BCUT2D eigenvalue weighted by Crippen LogP contribution is -2.41. The molecule has 0 bridgehead atoms. The van der Waals surface area contributed by atoms with E-state index in [9.17, 15) is 0 Å². The van der Waals surface area contributed by atoms with Crippen LogP contribution in [-0.2, 0) is 0 Å². The minimum Gasteiger partial charge on any atom is -0.357 e. The van der Waals surface area contributed by atoms with E-state index in [0.717, 1.165) is 45.2 Å². The van der Waals surface area contributed by atoms with Crippen LogP contribution in [0.2, 0.25) is 0 Å². The van der Waals surface area contributed by atoms with Crippen molar-refractivity contribution in [2.75, 3.05) is 39.3 Å². The van der Waals surface area contributed by atoms with Gasteiger partial charge in [-0.2, -0.15) is 0 Å². The molecule has 0 radical (unpaired) electrons. The normalized spacial score (nSPS) is 18.3. The Morgan fingerprint density at radius 2 is 2.00 bits per heavy atom. The molecule has 1 aliphatic rings. The lowest BCUT2D eigenvalue weighted by molar-refractivity contribution is 0.240. The van der Waals surface area contributed by atoms with Gasteiger partial charge in [0.05, 0.1) is 6.54 Å². The molecule has 1 saturated heterocycles. The number of nitrogens with one attached hydrogen (secondary N) is 1. The second-order valence-corrected chi connectivity index (χ2v) is 6.79. The topological polar surface area (TPSA) is 30.9 Å². The Balaban J connectivity index is 0.00000400. The van der Waals surface area contributed by atoms with Gasteiger partial charge in [-0.3, -0.25) is 9.89 Å². The van der Waals surface area contributed by atoms with Crippen molar-refractivity contribution in [2.24, 2.45) is 10.4 Å². The van der Waals surface area contributed by atoms with Crippen molar-refractivity contribution in [1.29, 1.82) is 0 Å². The Morgan fingerprint density at radius 3 is 2.43 bits per heavy atom. The molecular formula is C16H35IN4. The van der Waals surface area contributed by atoms with E-state index in [0.29, 0.717) is 11.5 Å². The Kier molecular flexibility index (Phi) is 9.85.